The highest BCUT2D eigenvalue weighted by molar-refractivity contribution is 8.00. The van der Waals surface area contributed by atoms with Crippen LogP contribution in [0.25, 0.3) is 0 Å². The van der Waals surface area contributed by atoms with Gasteiger partial charge in [0.05, 0.1) is 6.10 Å². The summed E-state index contributed by atoms with van der Waals surface area (Å²) in [6.07, 6.45) is 5.80. The van der Waals surface area contributed by atoms with Crippen molar-refractivity contribution in [2.45, 2.75) is 29.1 Å². The molecule has 0 saturated carbocycles. The van der Waals surface area contributed by atoms with Gasteiger partial charge in [0.25, 0.3) is 0 Å². The van der Waals surface area contributed by atoms with Gasteiger partial charge in [-0.1, -0.05) is 30.4 Å². The molecule has 0 amide bonds. The van der Waals surface area contributed by atoms with E-state index in [-0.39, 0.29) is 6.10 Å². The van der Waals surface area contributed by atoms with Crippen molar-refractivity contribution in [3.63, 3.8) is 0 Å². The molecule has 2 heteroatoms. The number of rotatable bonds is 2. The first-order valence-corrected chi connectivity index (χ1v) is 5.79. The molecule has 0 spiro atoms. The maximum Gasteiger partial charge on any atom is 0.0699 e. The minimum atomic E-state index is -0.190. The molecule has 1 nitrogen and oxygen atoms in total. The lowest BCUT2D eigenvalue weighted by Gasteiger charge is -2.23. The van der Waals surface area contributed by atoms with Gasteiger partial charge in [-0.25, -0.2) is 0 Å². The van der Waals surface area contributed by atoms with Crippen molar-refractivity contribution in [1.29, 1.82) is 0 Å². The van der Waals surface area contributed by atoms with E-state index in [1.165, 1.54) is 4.90 Å². The molecule has 1 aromatic carbocycles. The molecule has 1 aliphatic rings. The van der Waals surface area contributed by atoms with Gasteiger partial charge in [-0.3, -0.25) is 0 Å². The number of allylic oxidation sites excluding steroid dienone is 1. The fourth-order valence-electron chi connectivity index (χ4n) is 1.58. The van der Waals surface area contributed by atoms with Gasteiger partial charge < -0.3 is 5.11 Å². The van der Waals surface area contributed by atoms with E-state index in [2.05, 4.69) is 24.3 Å². The minimum absolute atomic E-state index is 0.190. The SMILES string of the molecule is O[C@H]1CC=CC[C@@H]1Sc1ccccc1. The van der Waals surface area contributed by atoms with E-state index in [1.54, 1.807) is 11.8 Å². The Hall–Kier alpha value is -0.730. The standard InChI is InChI=1S/C12H14OS/c13-11-8-4-5-9-12(11)14-10-6-2-1-3-7-10/h1-7,11-13H,8-9H2/t11-,12-/m0/s1. The summed E-state index contributed by atoms with van der Waals surface area (Å²) in [5.41, 5.74) is 0. The van der Waals surface area contributed by atoms with Gasteiger partial charge in [-0.05, 0) is 25.0 Å². The molecule has 1 aromatic rings. The van der Waals surface area contributed by atoms with Crippen LogP contribution in [0.3, 0.4) is 0 Å². The third-order valence-corrected chi connectivity index (χ3v) is 3.73. The number of aliphatic hydroxyl groups is 1. The summed E-state index contributed by atoms with van der Waals surface area (Å²) in [6, 6.07) is 10.3. The van der Waals surface area contributed by atoms with Crippen LogP contribution >= 0.6 is 11.8 Å². The first kappa shape index (κ1) is 9.81. The molecule has 0 unspecified atom stereocenters. The van der Waals surface area contributed by atoms with Crippen molar-refractivity contribution < 1.29 is 5.11 Å². The van der Waals surface area contributed by atoms with E-state index >= 15 is 0 Å². The molecule has 2 rings (SSSR count). The minimum Gasteiger partial charge on any atom is -0.392 e. The van der Waals surface area contributed by atoms with Crippen molar-refractivity contribution in [2.24, 2.45) is 0 Å². The highest BCUT2D eigenvalue weighted by Crippen LogP contribution is 2.30. The number of hydrogen-bond donors (Lipinski definition) is 1. The monoisotopic (exact) mass is 206 g/mol. The molecular formula is C12H14OS. The lowest BCUT2D eigenvalue weighted by molar-refractivity contribution is 0.170. The van der Waals surface area contributed by atoms with E-state index in [0.717, 1.165) is 12.8 Å². The van der Waals surface area contributed by atoms with Crippen LogP contribution in [0.5, 0.6) is 0 Å². The predicted molar refractivity (Wildman–Crippen MR) is 60.5 cm³/mol. The van der Waals surface area contributed by atoms with E-state index < -0.39 is 0 Å². The molecular weight excluding hydrogens is 192 g/mol. The van der Waals surface area contributed by atoms with Crippen LogP contribution in [0.15, 0.2) is 47.4 Å². The van der Waals surface area contributed by atoms with Crippen LogP contribution in [0, 0.1) is 0 Å². The summed E-state index contributed by atoms with van der Waals surface area (Å²) in [4.78, 5) is 1.24. The van der Waals surface area contributed by atoms with E-state index in [1.807, 2.05) is 18.2 Å². The summed E-state index contributed by atoms with van der Waals surface area (Å²) in [7, 11) is 0. The smallest absolute Gasteiger partial charge is 0.0699 e. The normalized spacial score (nSPS) is 26.4. The average molecular weight is 206 g/mol. The van der Waals surface area contributed by atoms with Gasteiger partial charge in [-0.2, -0.15) is 0 Å². The molecule has 1 aliphatic carbocycles. The Bertz CT molecular complexity index is 307. The zero-order chi connectivity index (χ0) is 9.80. The van der Waals surface area contributed by atoms with Crippen molar-refractivity contribution >= 4 is 11.8 Å². The van der Waals surface area contributed by atoms with Crippen LogP contribution in [0.4, 0.5) is 0 Å². The third-order valence-electron chi connectivity index (χ3n) is 2.37. The van der Waals surface area contributed by atoms with Crippen molar-refractivity contribution in [3.8, 4) is 0 Å². The summed E-state index contributed by atoms with van der Waals surface area (Å²) >= 11 is 1.77. The van der Waals surface area contributed by atoms with Crippen LogP contribution in [-0.2, 0) is 0 Å². The zero-order valence-corrected chi connectivity index (χ0v) is 8.78. The van der Waals surface area contributed by atoms with Crippen molar-refractivity contribution in [2.75, 3.05) is 0 Å². The molecule has 14 heavy (non-hydrogen) atoms. The molecule has 0 bridgehead atoms. The van der Waals surface area contributed by atoms with Crippen LogP contribution < -0.4 is 0 Å². The molecule has 1 N–H and O–H groups in total. The molecule has 2 atom stereocenters. The highest BCUT2D eigenvalue weighted by atomic mass is 32.2. The van der Waals surface area contributed by atoms with Gasteiger partial charge in [0, 0.05) is 10.1 Å². The second-order valence-corrected chi connectivity index (χ2v) is 4.79. The molecule has 0 heterocycles. The Morgan fingerprint density at radius 3 is 2.50 bits per heavy atom. The van der Waals surface area contributed by atoms with E-state index in [0.29, 0.717) is 5.25 Å². The second-order valence-electron chi connectivity index (χ2n) is 3.48. The molecule has 0 fully saturated rings. The van der Waals surface area contributed by atoms with E-state index in [4.69, 9.17) is 0 Å². The fourth-order valence-corrected chi connectivity index (χ4v) is 2.71. The Labute approximate surface area is 88.8 Å². The van der Waals surface area contributed by atoms with Gasteiger partial charge in [-0.15, -0.1) is 11.8 Å². The lowest BCUT2D eigenvalue weighted by atomic mass is 10.0. The van der Waals surface area contributed by atoms with Crippen LogP contribution in [-0.4, -0.2) is 16.5 Å². The average Bonchev–Trinajstić information content (AvgIpc) is 2.23. The van der Waals surface area contributed by atoms with E-state index in [9.17, 15) is 5.11 Å². The van der Waals surface area contributed by atoms with Gasteiger partial charge in [0.15, 0.2) is 0 Å². The summed E-state index contributed by atoms with van der Waals surface area (Å²) in [5.74, 6) is 0. The predicted octanol–water partition coefficient (Wildman–Crippen LogP) is 2.86. The first-order chi connectivity index (χ1) is 6.86. The second kappa shape index (κ2) is 4.67. The molecule has 74 valence electrons. The maximum absolute atomic E-state index is 9.76. The number of thioether (sulfide) groups is 1. The zero-order valence-electron chi connectivity index (χ0n) is 7.97. The Morgan fingerprint density at radius 2 is 1.79 bits per heavy atom. The lowest BCUT2D eigenvalue weighted by Crippen LogP contribution is -2.24. The van der Waals surface area contributed by atoms with Gasteiger partial charge >= 0.3 is 0 Å². The molecule has 0 aliphatic heterocycles. The van der Waals surface area contributed by atoms with Crippen molar-refractivity contribution in [1.82, 2.24) is 0 Å². The Balaban J connectivity index is 2.00. The highest BCUT2D eigenvalue weighted by Gasteiger charge is 2.20. The van der Waals surface area contributed by atoms with Gasteiger partial charge in [0.2, 0.25) is 0 Å². The number of aliphatic hydroxyl groups excluding tert-OH is 1. The summed E-state index contributed by atoms with van der Waals surface area (Å²) < 4.78 is 0. The Morgan fingerprint density at radius 1 is 1.07 bits per heavy atom. The third kappa shape index (κ3) is 2.40. The van der Waals surface area contributed by atoms with Crippen LogP contribution in [0.2, 0.25) is 0 Å². The molecule has 0 aromatic heterocycles. The molecule has 0 radical (unpaired) electrons. The number of hydrogen-bond acceptors (Lipinski definition) is 2. The Kier molecular flexibility index (Phi) is 3.27. The summed E-state index contributed by atoms with van der Waals surface area (Å²) in [5, 5.41) is 10.1. The summed E-state index contributed by atoms with van der Waals surface area (Å²) in [6.45, 7) is 0. The molecule has 0 saturated heterocycles. The topological polar surface area (TPSA) is 20.2 Å². The quantitative estimate of drug-likeness (QED) is 0.751. The largest absolute Gasteiger partial charge is 0.392 e. The van der Waals surface area contributed by atoms with Crippen molar-refractivity contribution in [3.05, 3.63) is 42.5 Å². The van der Waals surface area contributed by atoms with Gasteiger partial charge in [0.1, 0.15) is 0 Å². The number of benzene rings is 1. The fraction of sp³-hybridized carbons (Fsp3) is 0.333. The maximum atomic E-state index is 9.76. The first-order valence-electron chi connectivity index (χ1n) is 4.91. The van der Waals surface area contributed by atoms with Crippen LogP contribution in [0.1, 0.15) is 12.8 Å².